The molecule has 94 valence electrons. The van der Waals surface area contributed by atoms with Gasteiger partial charge in [0, 0.05) is 12.5 Å². The summed E-state index contributed by atoms with van der Waals surface area (Å²) < 4.78 is 26.3. The lowest BCUT2D eigenvalue weighted by atomic mass is 10.1. The van der Waals surface area contributed by atoms with Crippen LogP contribution < -0.4 is 0 Å². The van der Waals surface area contributed by atoms with Gasteiger partial charge in [0.25, 0.3) is 0 Å². The van der Waals surface area contributed by atoms with Gasteiger partial charge in [0.05, 0.1) is 6.61 Å². The minimum absolute atomic E-state index is 0.0225. The van der Waals surface area contributed by atoms with Crippen molar-refractivity contribution in [3.8, 4) is 0 Å². The molecule has 0 aliphatic heterocycles. The zero-order valence-corrected chi connectivity index (χ0v) is 10.5. The molecule has 0 aliphatic carbocycles. The van der Waals surface area contributed by atoms with E-state index in [-0.39, 0.29) is 19.4 Å². The molecule has 0 rings (SSSR count). The van der Waals surface area contributed by atoms with Crippen LogP contribution >= 0.6 is 0 Å². The lowest BCUT2D eigenvalue weighted by molar-refractivity contribution is -0.145. The summed E-state index contributed by atoms with van der Waals surface area (Å²) in [5.74, 6) is -0.774. The Balaban J connectivity index is 4.97. The summed E-state index contributed by atoms with van der Waals surface area (Å²) in [6, 6.07) is 0. The van der Waals surface area contributed by atoms with Gasteiger partial charge in [-0.05, 0) is 26.7 Å². The number of sulfone groups is 1. The predicted octanol–water partition coefficient (Wildman–Crippen LogP) is 0.593. The van der Waals surface area contributed by atoms with Gasteiger partial charge in [0.2, 0.25) is 0 Å². The highest BCUT2D eigenvalue weighted by atomic mass is 32.2. The van der Waals surface area contributed by atoms with Gasteiger partial charge in [-0.25, -0.2) is 8.42 Å². The average molecular weight is 251 g/mol. The van der Waals surface area contributed by atoms with E-state index < -0.39 is 20.6 Å². The molecule has 0 unspecified atom stereocenters. The van der Waals surface area contributed by atoms with E-state index in [9.17, 15) is 13.2 Å². The van der Waals surface area contributed by atoms with Crippen LogP contribution in [0.25, 0.3) is 0 Å². The van der Waals surface area contributed by atoms with Crippen LogP contribution in [0.15, 0.2) is 5.16 Å². The lowest BCUT2D eigenvalue weighted by Crippen LogP contribution is -2.44. The predicted molar refractivity (Wildman–Crippen MR) is 59.4 cm³/mol. The van der Waals surface area contributed by atoms with Crippen LogP contribution in [0.1, 0.15) is 26.7 Å². The zero-order valence-electron chi connectivity index (χ0n) is 9.63. The highest BCUT2D eigenvalue weighted by molar-refractivity contribution is 7.92. The third kappa shape index (κ3) is 3.48. The molecule has 6 nitrogen and oxygen atoms in total. The largest absolute Gasteiger partial charge is 0.465 e. The lowest BCUT2D eigenvalue weighted by Gasteiger charge is -2.24. The van der Waals surface area contributed by atoms with Crippen LogP contribution in [0.4, 0.5) is 0 Å². The molecular formula is C9H17NO5S. The molecule has 0 spiro atoms. The Morgan fingerprint density at radius 2 is 2.12 bits per heavy atom. The Kier molecular flexibility index (Phi) is 5.43. The van der Waals surface area contributed by atoms with E-state index in [1.807, 2.05) is 0 Å². The maximum atomic E-state index is 11.6. The van der Waals surface area contributed by atoms with Crippen LogP contribution in [0.5, 0.6) is 0 Å². The number of rotatable bonds is 6. The molecule has 1 N–H and O–H groups in total. The van der Waals surface area contributed by atoms with Crippen LogP contribution in [-0.4, -0.2) is 43.4 Å². The molecule has 0 amide bonds. The normalized spacial score (nSPS) is 15.9. The molecule has 7 heteroatoms. The van der Waals surface area contributed by atoms with E-state index in [1.165, 1.54) is 6.92 Å². The van der Waals surface area contributed by atoms with Gasteiger partial charge in [-0.15, -0.1) is 5.16 Å². The zero-order chi connectivity index (χ0) is 12.8. The van der Waals surface area contributed by atoms with Crippen molar-refractivity contribution in [2.24, 2.45) is 5.16 Å². The summed E-state index contributed by atoms with van der Waals surface area (Å²) in [7, 11) is -3.58. The first-order chi connectivity index (χ1) is 7.29. The Hall–Kier alpha value is -1.11. The minimum atomic E-state index is -3.58. The fourth-order valence-electron chi connectivity index (χ4n) is 1.12. The van der Waals surface area contributed by atoms with Crippen molar-refractivity contribution >= 4 is 22.0 Å². The van der Waals surface area contributed by atoms with Crippen molar-refractivity contribution in [2.75, 3.05) is 12.9 Å². The SMILES string of the molecule is CCOC(=O)[C@@](C)(CC/C=N/O)S(C)(=O)=O. The number of oxime groups is 1. The number of hydrogen-bond donors (Lipinski definition) is 1. The first-order valence-corrected chi connectivity index (χ1v) is 6.71. The monoisotopic (exact) mass is 251 g/mol. The molecule has 0 fully saturated rings. The summed E-state index contributed by atoms with van der Waals surface area (Å²) in [6.45, 7) is 3.04. The molecule has 0 aromatic carbocycles. The summed E-state index contributed by atoms with van der Waals surface area (Å²) in [6.07, 6.45) is 2.33. The quantitative estimate of drug-likeness (QED) is 0.323. The molecule has 16 heavy (non-hydrogen) atoms. The van der Waals surface area contributed by atoms with E-state index in [2.05, 4.69) is 5.16 Å². The second-order valence-corrected chi connectivity index (χ2v) is 6.01. The molecule has 0 aromatic rings. The maximum Gasteiger partial charge on any atom is 0.327 e. The summed E-state index contributed by atoms with van der Waals surface area (Å²) in [5.41, 5.74) is 0. The summed E-state index contributed by atoms with van der Waals surface area (Å²) in [4.78, 5) is 11.6. The first-order valence-electron chi connectivity index (χ1n) is 4.82. The van der Waals surface area contributed by atoms with E-state index in [0.717, 1.165) is 12.5 Å². The van der Waals surface area contributed by atoms with Gasteiger partial charge in [-0.1, -0.05) is 0 Å². The van der Waals surface area contributed by atoms with E-state index >= 15 is 0 Å². The molecule has 0 saturated carbocycles. The van der Waals surface area contributed by atoms with Crippen molar-refractivity contribution in [2.45, 2.75) is 31.4 Å². The molecule has 0 aliphatic rings. The molecule has 1 atom stereocenters. The van der Waals surface area contributed by atoms with E-state index in [4.69, 9.17) is 9.94 Å². The maximum absolute atomic E-state index is 11.6. The minimum Gasteiger partial charge on any atom is -0.465 e. The molecular weight excluding hydrogens is 234 g/mol. The van der Waals surface area contributed by atoms with E-state index in [1.54, 1.807) is 6.92 Å². The number of nitrogens with zero attached hydrogens (tertiary/aromatic N) is 1. The Labute approximate surface area is 95.2 Å². The van der Waals surface area contributed by atoms with Crippen molar-refractivity contribution < 1.29 is 23.2 Å². The molecule has 0 radical (unpaired) electrons. The first kappa shape index (κ1) is 14.9. The van der Waals surface area contributed by atoms with E-state index in [0.29, 0.717) is 0 Å². The second kappa shape index (κ2) is 5.83. The smallest absolute Gasteiger partial charge is 0.327 e. The highest BCUT2D eigenvalue weighted by Gasteiger charge is 2.44. The summed E-state index contributed by atoms with van der Waals surface area (Å²) in [5, 5.41) is 11.0. The van der Waals surface area contributed by atoms with Crippen molar-refractivity contribution in [3.05, 3.63) is 0 Å². The van der Waals surface area contributed by atoms with Crippen LogP contribution in [0.3, 0.4) is 0 Å². The third-order valence-electron chi connectivity index (χ3n) is 2.36. The molecule has 0 saturated heterocycles. The average Bonchev–Trinajstić information content (AvgIpc) is 2.16. The number of hydrogen-bond acceptors (Lipinski definition) is 6. The number of ether oxygens (including phenoxy) is 1. The van der Waals surface area contributed by atoms with Crippen molar-refractivity contribution in [1.82, 2.24) is 0 Å². The highest BCUT2D eigenvalue weighted by Crippen LogP contribution is 2.24. The molecule has 0 bridgehead atoms. The second-order valence-electron chi connectivity index (χ2n) is 3.56. The molecule has 0 aromatic heterocycles. The van der Waals surface area contributed by atoms with Crippen LogP contribution in [0, 0.1) is 0 Å². The van der Waals surface area contributed by atoms with Gasteiger partial charge >= 0.3 is 5.97 Å². The van der Waals surface area contributed by atoms with Crippen LogP contribution in [0.2, 0.25) is 0 Å². The van der Waals surface area contributed by atoms with Crippen LogP contribution in [-0.2, 0) is 19.4 Å². The van der Waals surface area contributed by atoms with Gasteiger partial charge in [-0.2, -0.15) is 0 Å². The topological polar surface area (TPSA) is 93.0 Å². The van der Waals surface area contributed by atoms with Gasteiger partial charge in [0.1, 0.15) is 0 Å². The molecule has 0 heterocycles. The third-order valence-corrected chi connectivity index (χ3v) is 4.37. The number of carbonyl (C=O) groups excluding carboxylic acids is 1. The van der Waals surface area contributed by atoms with Gasteiger partial charge in [-0.3, -0.25) is 4.79 Å². The fourth-order valence-corrected chi connectivity index (χ4v) is 1.97. The summed E-state index contributed by atoms with van der Waals surface area (Å²) >= 11 is 0. The fraction of sp³-hybridized carbons (Fsp3) is 0.778. The van der Waals surface area contributed by atoms with Crippen molar-refractivity contribution in [1.29, 1.82) is 0 Å². The standard InChI is InChI=1S/C9H17NO5S/c1-4-15-8(11)9(2,16(3,13)14)6-5-7-10-12/h7,12H,4-6H2,1-3H3/b10-7+/t9-/m1/s1. The van der Waals surface area contributed by atoms with Crippen molar-refractivity contribution in [3.63, 3.8) is 0 Å². The Morgan fingerprint density at radius 3 is 2.50 bits per heavy atom. The Morgan fingerprint density at radius 1 is 1.56 bits per heavy atom. The van der Waals surface area contributed by atoms with Gasteiger partial charge < -0.3 is 9.94 Å². The number of carbonyl (C=O) groups is 1. The van der Waals surface area contributed by atoms with Gasteiger partial charge in [0.15, 0.2) is 14.6 Å². The Bertz CT molecular complexity index is 362. The number of esters is 1.